The molecule has 1 saturated heterocycles. The summed E-state index contributed by atoms with van der Waals surface area (Å²) in [4.78, 5) is 28.7. The average Bonchev–Trinajstić information content (AvgIpc) is 3.22. The first kappa shape index (κ1) is 19.1. The summed E-state index contributed by atoms with van der Waals surface area (Å²) in [5.41, 5.74) is 1.61. The summed E-state index contributed by atoms with van der Waals surface area (Å²) in [6.45, 7) is 3.41. The number of benzene rings is 2. The molecule has 0 atom stereocenters. The van der Waals surface area contributed by atoms with E-state index in [-0.39, 0.29) is 6.79 Å². The van der Waals surface area contributed by atoms with Crippen molar-refractivity contribution in [2.24, 2.45) is 0 Å². The van der Waals surface area contributed by atoms with Crippen LogP contribution < -0.4 is 19.5 Å². The van der Waals surface area contributed by atoms with Crippen LogP contribution >= 0.6 is 0 Å². The largest absolute Gasteiger partial charge is 0.495 e. The number of nitrogens with one attached hydrogen (secondary N) is 1. The molecular weight excluding hydrogens is 374 g/mol. The van der Waals surface area contributed by atoms with Crippen LogP contribution in [0.1, 0.15) is 5.56 Å². The second-order valence-corrected chi connectivity index (χ2v) is 6.91. The Bertz CT molecular complexity index is 909. The Kier molecular flexibility index (Phi) is 5.53. The van der Waals surface area contributed by atoms with Crippen LogP contribution in [0.4, 0.5) is 5.69 Å². The molecule has 0 aromatic heterocycles. The number of para-hydroxylation sites is 2. The number of rotatable bonds is 4. The van der Waals surface area contributed by atoms with Gasteiger partial charge in [0.15, 0.2) is 11.5 Å². The number of amides is 2. The van der Waals surface area contributed by atoms with E-state index in [4.69, 9.17) is 14.2 Å². The number of anilines is 1. The van der Waals surface area contributed by atoms with Gasteiger partial charge < -0.3 is 24.4 Å². The van der Waals surface area contributed by atoms with Gasteiger partial charge in [0, 0.05) is 32.7 Å². The molecule has 0 radical (unpaired) electrons. The van der Waals surface area contributed by atoms with Gasteiger partial charge in [-0.05, 0) is 29.8 Å². The molecule has 8 heteroatoms. The topological polar surface area (TPSA) is 80.3 Å². The summed E-state index contributed by atoms with van der Waals surface area (Å²) in [7, 11) is 1.52. The quantitative estimate of drug-likeness (QED) is 0.792. The van der Waals surface area contributed by atoms with Gasteiger partial charge >= 0.3 is 11.8 Å². The maximum atomic E-state index is 12.5. The molecule has 2 amide bonds. The number of hydrogen-bond acceptors (Lipinski definition) is 6. The Morgan fingerprint density at radius 1 is 1.03 bits per heavy atom. The minimum atomic E-state index is -0.654. The number of methoxy groups -OCH3 is 1. The number of piperazine rings is 1. The zero-order chi connectivity index (χ0) is 20.2. The van der Waals surface area contributed by atoms with Crippen LogP contribution in [0.5, 0.6) is 17.2 Å². The molecule has 0 unspecified atom stereocenters. The molecule has 2 aromatic carbocycles. The molecule has 8 nitrogen and oxygen atoms in total. The molecule has 0 saturated carbocycles. The molecule has 1 fully saturated rings. The summed E-state index contributed by atoms with van der Waals surface area (Å²) >= 11 is 0. The number of ether oxygens (including phenoxy) is 3. The van der Waals surface area contributed by atoms with E-state index in [0.29, 0.717) is 37.6 Å². The highest BCUT2D eigenvalue weighted by Gasteiger charge is 2.27. The number of hydrogen-bond donors (Lipinski definition) is 1. The lowest BCUT2D eigenvalue weighted by atomic mass is 10.1. The van der Waals surface area contributed by atoms with Gasteiger partial charge in [-0.15, -0.1) is 0 Å². The Hall–Kier alpha value is -3.26. The van der Waals surface area contributed by atoms with Crippen molar-refractivity contribution in [1.29, 1.82) is 0 Å². The van der Waals surface area contributed by atoms with Gasteiger partial charge in [0.2, 0.25) is 6.79 Å². The van der Waals surface area contributed by atoms with Gasteiger partial charge in [-0.2, -0.15) is 0 Å². The van der Waals surface area contributed by atoms with E-state index in [0.717, 1.165) is 23.6 Å². The van der Waals surface area contributed by atoms with Crippen LogP contribution in [0.25, 0.3) is 0 Å². The smallest absolute Gasteiger partial charge is 0.314 e. The van der Waals surface area contributed by atoms with E-state index < -0.39 is 11.8 Å². The molecule has 0 spiro atoms. The lowest BCUT2D eigenvalue weighted by Crippen LogP contribution is -2.51. The van der Waals surface area contributed by atoms with Crippen LogP contribution in [0, 0.1) is 0 Å². The molecule has 152 valence electrons. The van der Waals surface area contributed by atoms with Crippen molar-refractivity contribution in [3.63, 3.8) is 0 Å². The molecule has 0 aliphatic carbocycles. The number of carbonyl (C=O) groups is 2. The van der Waals surface area contributed by atoms with Crippen LogP contribution in [0.2, 0.25) is 0 Å². The minimum Gasteiger partial charge on any atom is -0.495 e. The number of carbonyl (C=O) groups excluding carboxylic acids is 2. The average molecular weight is 397 g/mol. The number of nitrogens with zero attached hydrogens (tertiary/aromatic N) is 2. The minimum absolute atomic E-state index is 0.260. The molecule has 29 heavy (non-hydrogen) atoms. The van der Waals surface area contributed by atoms with E-state index >= 15 is 0 Å². The molecule has 2 aromatic rings. The highest BCUT2D eigenvalue weighted by molar-refractivity contribution is 6.39. The van der Waals surface area contributed by atoms with Crippen LogP contribution in [0.3, 0.4) is 0 Å². The van der Waals surface area contributed by atoms with Crippen molar-refractivity contribution in [2.75, 3.05) is 45.4 Å². The van der Waals surface area contributed by atoms with Crippen molar-refractivity contribution in [3.05, 3.63) is 48.0 Å². The summed E-state index contributed by atoms with van der Waals surface area (Å²) in [6, 6.07) is 12.9. The van der Waals surface area contributed by atoms with Gasteiger partial charge in [-0.25, -0.2) is 0 Å². The highest BCUT2D eigenvalue weighted by atomic mass is 16.7. The standard InChI is InChI=1S/C21H23N3O5/c1-27-17-5-3-2-4-16(17)22-20(25)21(26)24-10-8-23(9-11-24)13-15-6-7-18-19(12-15)29-14-28-18/h2-7,12H,8-11,13-14H2,1H3,(H,22,25). The van der Waals surface area contributed by atoms with E-state index in [9.17, 15) is 9.59 Å². The Morgan fingerprint density at radius 2 is 1.79 bits per heavy atom. The maximum absolute atomic E-state index is 12.5. The SMILES string of the molecule is COc1ccccc1NC(=O)C(=O)N1CCN(Cc2ccc3c(c2)OCO3)CC1. The van der Waals surface area contributed by atoms with Gasteiger partial charge in [0.25, 0.3) is 0 Å². The fourth-order valence-electron chi connectivity index (χ4n) is 3.47. The summed E-state index contributed by atoms with van der Waals surface area (Å²) < 4.78 is 16.0. The third-order valence-electron chi connectivity index (χ3n) is 5.05. The predicted octanol–water partition coefficient (Wildman–Crippen LogP) is 1.71. The van der Waals surface area contributed by atoms with Crippen LogP contribution in [0.15, 0.2) is 42.5 Å². The van der Waals surface area contributed by atoms with E-state index in [1.165, 1.54) is 7.11 Å². The zero-order valence-electron chi connectivity index (χ0n) is 16.2. The normalized spacial score (nSPS) is 15.8. The summed E-state index contributed by atoms with van der Waals surface area (Å²) in [6.07, 6.45) is 0. The van der Waals surface area contributed by atoms with Gasteiger partial charge in [-0.1, -0.05) is 18.2 Å². The Balaban J connectivity index is 1.29. The van der Waals surface area contributed by atoms with Crippen LogP contribution in [-0.2, 0) is 16.1 Å². The molecule has 1 N–H and O–H groups in total. The Morgan fingerprint density at radius 3 is 2.59 bits per heavy atom. The first-order chi connectivity index (χ1) is 14.1. The van der Waals surface area contributed by atoms with Gasteiger partial charge in [0.1, 0.15) is 5.75 Å². The lowest BCUT2D eigenvalue weighted by molar-refractivity contribution is -0.144. The first-order valence-electron chi connectivity index (χ1n) is 9.48. The van der Waals surface area contributed by atoms with Gasteiger partial charge in [-0.3, -0.25) is 14.5 Å². The Labute approximate surface area is 168 Å². The predicted molar refractivity (Wildman–Crippen MR) is 106 cm³/mol. The molecular formula is C21H23N3O5. The monoisotopic (exact) mass is 397 g/mol. The highest BCUT2D eigenvalue weighted by Crippen LogP contribution is 2.32. The van der Waals surface area contributed by atoms with Crippen molar-refractivity contribution in [3.8, 4) is 17.2 Å². The summed E-state index contributed by atoms with van der Waals surface area (Å²) in [5, 5.41) is 2.64. The molecule has 2 aliphatic heterocycles. The molecule has 0 bridgehead atoms. The molecule has 2 aliphatic rings. The van der Waals surface area contributed by atoms with E-state index in [1.54, 1.807) is 29.2 Å². The zero-order valence-corrected chi connectivity index (χ0v) is 16.2. The van der Waals surface area contributed by atoms with Gasteiger partial charge in [0.05, 0.1) is 12.8 Å². The van der Waals surface area contributed by atoms with Crippen molar-refractivity contribution >= 4 is 17.5 Å². The van der Waals surface area contributed by atoms with Crippen molar-refractivity contribution in [1.82, 2.24) is 9.80 Å². The second kappa shape index (κ2) is 8.40. The van der Waals surface area contributed by atoms with E-state index in [1.807, 2.05) is 18.2 Å². The first-order valence-corrected chi connectivity index (χ1v) is 9.48. The lowest BCUT2D eigenvalue weighted by Gasteiger charge is -2.34. The van der Waals surface area contributed by atoms with Crippen molar-refractivity contribution in [2.45, 2.75) is 6.54 Å². The second-order valence-electron chi connectivity index (χ2n) is 6.91. The third kappa shape index (κ3) is 4.27. The number of fused-ring (bicyclic) bond motifs is 1. The maximum Gasteiger partial charge on any atom is 0.314 e. The fraction of sp³-hybridized carbons (Fsp3) is 0.333. The fourth-order valence-corrected chi connectivity index (χ4v) is 3.47. The molecule has 4 rings (SSSR count). The molecule has 2 heterocycles. The third-order valence-corrected chi connectivity index (χ3v) is 5.05. The van der Waals surface area contributed by atoms with E-state index in [2.05, 4.69) is 10.2 Å². The van der Waals surface area contributed by atoms with Crippen molar-refractivity contribution < 1.29 is 23.8 Å². The van der Waals surface area contributed by atoms with Crippen LogP contribution in [-0.4, -0.2) is 61.7 Å². The summed E-state index contributed by atoms with van der Waals surface area (Å²) in [5.74, 6) is 0.870.